The number of hydrogen-bond acceptors (Lipinski definition) is 5. The van der Waals surface area contributed by atoms with Crippen LogP contribution in [0.25, 0.3) is 0 Å². The van der Waals surface area contributed by atoms with Crippen molar-refractivity contribution in [3.05, 3.63) is 76.0 Å². The number of carbonyl (C=O) groups is 2. The van der Waals surface area contributed by atoms with Gasteiger partial charge in [0.2, 0.25) is 5.91 Å². The number of benzene rings is 1. The molecule has 166 valence electrons. The minimum atomic E-state index is -0.303. The Balaban J connectivity index is 1.49. The summed E-state index contributed by atoms with van der Waals surface area (Å²) in [6, 6.07) is 12.5. The van der Waals surface area contributed by atoms with Gasteiger partial charge in [-0.15, -0.1) is 0 Å². The zero-order valence-corrected chi connectivity index (χ0v) is 18.2. The van der Waals surface area contributed by atoms with Gasteiger partial charge in [0.1, 0.15) is 6.54 Å². The molecule has 9 heteroatoms. The van der Waals surface area contributed by atoms with Crippen molar-refractivity contribution in [1.29, 1.82) is 0 Å². The maximum Gasteiger partial charge on any atom is 0.267 e. The number of hydrogen-bond donors (Lipinski definition) is 1. The molecule has 3 heterocycles. The molecule has 1 aliphatic heterocycles. The molecule has 1 saturated heterocycles. The number of nitrogens with one attached hydrogen (secondary N) is 1. The lowest BCUT2D eigenvalue weighted by atomic mass is 9.92. The van der Waals surface area contributed by atoms with Crippen LogP contribution in [-0.4, -0.2) is 56.8 Å². The van der Waals surface area contributed by atoms with Gasteiger partial charge in [-0.3, -0.25) is 19.5 Å². The predicted molar refractivity (Wildman–Crippen MR) is 120 cm³/mol. The number of H-pyrrole nitrogens is 1. The van der Waals surface area contributed by atoms with Crippen LogP contribution in [0.5, 0.6) is 0 Å². The van der Waals surface area contributed by atoms with Gasteiger partial charge >= 0.3 is 0 Å². The molecule has 4 rings (SSSR count). The summed E-state index contributed by atoms with van der Waals surface area (Å²) in [6.45, 7) is 2.74. The molecule has 0 bridgehead atoms. The van der Waals surface area contributed by atoms with Gasteiger partial charge in [-0.1, -0.05) is 18.2 Å². The Morgan fingerprint density at radius 3 is 2.75 bits per heavy atom. The van der Waals surface area contributed by atoms with Crippen LogP contribution in [0.4, 0.5) is 5.69 Å². The van der Waals surface area contributed by atoms with Crippen LogP contribution in [0, 0.1) is 6.92 Å². The highest BCUT2D eigenvalue weighted by molar-refractivity contribution is 6.06. The lowest BCUT2D eigenvalue weighted by Gasteiger charge is -2.33. The molecule has 2 amide bonds. The summed E-state index contributed by atoms with van der Waals surface area (Å²) < 4.78 is 1.20. The van der Waals surface area contributed by atoms with Crippen LogP contribution in [0.1, 0.15) is 40.5 Å². The largest absolute Gasteiger partial charge is 0.340 e. The first-order valence-corrected chi connectivity index (χ1v) is 10.6. The molecule has 2 aromatic heterocycles. The minimum absolute atomic E-state index is 0.0412. The molecule has 3 aromatic rings. The van der Waals surface area contributed by atoms with Crippen molar-refractivity contribution in [3.8, 4) is 0 Å². The van der Waals surface area contributed by atoms with Crippen LogP contribution < -0.4 is 10.5 Å². The molecule has 9 nitrogen and oxygen atoms in total. The molecule has 0 saturated carbocycles. The number of aryl methyl sites for hydroxylation is 1. The van der Waals surface area contributed by atoms with Gasteiger partial charge < -0.3 is 9.80 Å². The molecule has 1 N–H and O–H groups in total. The number of likely N-dealkylation sites (tertiary alicyclic amines) is 1. The fourth-order valence-electron chi connectivity index (χ4n) is 4.06. The number of aromatic nitrogens is 4. The lowest BCUT2D eigenvalue weighted by Crippen LogP contribution is -2.43. The van der Waals surface area contributed by atoms with Crippen LogP contribution in [0.3, 0.4) is 0 Å². The highest BCUT2D eigenvalue weighted by Crippen LogP contribution is 2.29. The van der Waals surface area contributed by atoms with Gasteiger partial charge in [-0.25, -0.2) is 4.68 Å². The van der Waals surface area contributed by atoms with Crippen molar-refractivity contribution < 1.29 is 9.59 Å². The van der Waals surface area contributed by atoms with Crippen LogP contribution in [-0.2, 0) is 11.3 Å². The van der Waals surface area contributed by atoms with Gasteiger partial charge in [0, 0.05) is 37.8 Å². The summed E-state index contributed by atoms with van der Waals surface area (Å²) in [5.41, 5.74) is 2.41. The third-order valence-electron chi connectivity index (χ3n) is 5.81. The number of carbonyl (C=O) groups excluding carboxylic acids is 2. The molecule has 1 aromatic carbocycles. The van der Waals surface area contributed by atoms with Crippen LogP contribution in [0.15, 0.2) is 53.5 Å². The fourth-order valence-corrected chi connectivity index (χ4v) is 4.06. The topological polar surface area (TPSA) is 104 Å². The third kappa shape index (κ3) is 4.46. The SMILES string of the molecule is Cc1ccc(=O)n(CC(=O)N2CCCC(c3[nH]ncc3C(=O)N(C)c3ccccc3)C2)n1. The number of anilines is 1. The average Bonchev–Trinajstić information content (AvgIpc) is 3.31. The van der Waals surface area contributed by atoms with E-state index in [1.807, 2.05) is 30.3 Å². The van der Waals surface area contributed by atoms with Crippen molar-refractivity contribution in [1.82, 2.24) is 24.9 Å². The fraction of sp³-hybridized carbons (Fsp3) is 0.348. The second kappa shape index (κ2) is 9.17. The Bertz CT molecular complexity index is 1170. The van der Waals surface area contributed by atoms with Crippen molar-refractivity contribution in [3.63, 3.8) is 0 Å². The monoisotopic (exact) mass is 434 g/mol. The Hall–Kier alpha value is -3.75. The predicted octanol–water partition coefficient (Wildman–Crippen LogP) is 1.96. The Kier molecular flexibility index (Phi) is 6.16. The van der Waals surface area contributed by atoms with E-state index in [4.69, 9.17) is 0 Å². The third-order valence-corrected chi connectivity index (χ3v) is 5.81. The molecule has 1 unspecified atom stereocenters. The Labute approximate surface area is 185 Å². The standard InChI is InChI=1S/C23H26N6O3/c1-16-10-11-20(30)29(26-16)15-21(31)28-12-6-7-17(14-28)22-19(13-24-25-22)23(32)27(2)18-8-4-3-5-9-18/h3-5,8-11,13,17H,6-7,12,14-15H2,1-2H3,(H,24,25). The van der Waals surface area contributed by atoms with E-state index in [2.05, 4.69) is 15.3 Å². The maximum absolute atomic E-state index is 13.1. The molecular weight excluding hydrogens is 408 g/mol. The van der Waals surface area contributed by atoms with E-state index < -0.39 is 0 Å². The quantitative estimate of drug-likeness (QED) is 0.661. The zero-order chi connectivity index (χ0) is 22.7. The average molecular weight is 435 g/mol. The first-order valence-electron chi connectivity index (χ1n) is 10.6. The van der Waals surface area contributed by atoms with E-state index in [9.17, 15) is 14.4 Å². The van der Waals surface area contributed by atoms with Gasteiger partial charge in [0.25, 0.3) is 11.5 Å². The van der Waals surface area contributed by atoms with E-state index in [1.54, 1.807) is 36.0 Å². The van der Waals surface area contributed by atoms with Crippen molar-refractivity contribution in [2.24, 2.45) is 0 Å². The van der Waals surface area contributed by atoms with Gasteiger partial charge in [0.05, 0.1) is 23.1 Å². The molecule has 0 aliphatic carbocycles. The second-order valence-electron chi connectivity index (χ2n) is 8.05. The molecule has 32 heavy (non-hydrogen) atoms. The molecule has 0 spiro atoms. The first-order chi connectivity index (χ1) is 15.4. The van der Waals surface area contributed by atoms with Crippen molar-refractivity contribution in [2.75, 3.05) is 25.0 Å². The number of piperidine rings is 1. The van der Waals surface area contributed by atoms with E-state index in [-0.39, 0.29) is 29.8 Å². The van der Waals surface area contributed by atoms with Gasteiger partial charge in [-0.2, -0.15) is 10.2 Å². The first kappa shape index (κ1) is 21.5. The number of nitrogens with zero attached hydrogens (tertiary/aromatic N) is 5. The van der Waals surface area contributed by atoms with Gasteiger partial charge in [-0.05, 0) is 38.0 Å². The number of para-hydroxylation sites is 1. The Morgan fingerprint density at radius 2 is 1.97 bits per heavy atom. The van der Waals surface area contributed by atoms with E-state index in [1.165, 1.54) is 10.7 Å². The summed E-state index contributed by atoms with van der Waals surface area (Å²) in [4.78, 5) is 41.4. The molecule has 0 radical (unpaired) electrons. The van der Waals surface area contributed by atoms with Crippen molar-refractivity contribution in [2.45, 2.75) is 32.2 Å². The van der Waals surface area contributed by atoms with Crippen LogP contribution in [0.2, 0.25) is 0 Å². The molecular formula is C23H26N6O3. The highest BCUT2D eigenvalue weighted by atomic mass is 16.2. The summed E-state index contributed by atoms with van der Waals surface area (Å²) >= 11 is 0. The highest BCUT2D eigenvalue weighted by Gasteiger charge is 2.30. The normalized spacial score (nSPS) is 16.1. The molecule has 1 fully saturated rings. The zero-order valence-electron chi connectivity index (χ0n) is 18.2. The minimum Gasteiger partial charge on any atom is -0.340 e. The van der Waals surface area contributed by atoms with E-state index >= 15 is 0 Å². The lowest BCUT2D eigenvalue weighted by molar-refractivity contribution is -0.133. The second-order valence-corrected chi connectivity index (χ2v) is 8.05. The van der Waals surface area contributed by atoms with Gasteiger partial charge in [0.15, 0.2) is 0 Å². The maximum atomic E-state index is 13.1. The Morgan fingerprint density at radius 1 is 1.19 bits per heavy atom. The van der Waals surface area contributed by atoms with Crippen molar-refractivity contribution >= 4 is 17.5 Å². The summed E-state index contributed by atoms with van der Waals surface area (Å²) in [5, 5.41) is 11.3. The number of rotatable bonds is 5. The molecule has 1 aliphatic rings. The summed E-state index contributed by atoms with van der Waals surface area (Å²) in [5.74, 6) is -0.358. The van der Waals surface area contributed by atoms with E-state index in [0.717, 1.165) is 24.2 Å². The summed E-state index contributed by atoms with van der Waals surface area (Å²) in [7, 11) is 1.73. The number of amides is 2. The summed E-state index contributed by atoms with van der Waals surface area (Å²) in [6.07, 6.45) is 3.19. The number of aromatic amines is 1. The van der Waals surface area contributed by atoms with Crippen LogP contribution >= 0.6 is 0 Å². The van der Waals surface area contributed by atoms with E-state index in [0.29, 0.717) is 24.3 Å². The molecule has 1 atom stereocenters. The smallest absolute Gasteiger partial charge is 0.267 e.